The Morgan fingerprint density at radius 2 is 1.81 bits per heavy atom. The summed E-state index contributed by atoms with van der Waals surface area (Å²) < 4.78 is 5.71. The number of carbonyl (C=O) groups is 2. The lowest BCUT2D eigenvalue weighted by atomic mass is 9.90. The molecule has 0 spiro atoms. The molecule has 2 atom stereocenters. The SMILES string of the molecule is CC1(C(=O)O)CC1N(C(=O)COCc1ccccc1)c1cccc(Cc2n[nH]c(=O)c3c2CCCC3)c1. The van der Waals surface area contributed by atoms with Crippen LogP contribution in [-0.2, 0) is 40.2 Å². The van der Waals surface area contributed by atoms with Gasteiger partial charge >= 0.3 is 5.97 Å². The van der Waals surface area contributed by atoms with Crippen molar-refractivity contribution in [2.75, 3.05) is 11.5 Å². The molecular formula is C29H31N3O5. The Hall–Kier alpha value is -3.78. The van der Waals surface area contributed by atoms with Crippen LogP contribution < -0.4 is 10.5 Å². The van der Waals surface area contributed by atoms with Gasteiger partial charge in [0.25, 0.3) is 11.5 Å². The van der Waals surface area contributed by atoms with Gasteiger partial charge in [-0.1, -0.05) is 42.5 Å². The van der Waals surface area contributed by atoms with Gasteiger partial charge in [-0.15, -0.1) is 0 Å². The summed E-state index contributed by atoms with van der Waals surface area (Å²) in [6.45, 7) is 1.82. The van der Waals surface area contributed by atoms with E-state index in [2.05, 4.69) is 10.2 Å². The van der Waals surface area contributed by atoms with Gasteiger partial charge in [-0.3, -0.25) is 14.4 Å². The molecule has 8 nitrogen and oxygen atoms in total. The number of anilines is 1. The van der Waals surface area contributed by atoms with Crippen molar-refractivity contribution >= 4 is 17.6 Å². The molecule has 1 heterocycles. The maximum atomic E-state index is 13.4. The molecular weight excluding hydrogens is 470 g/mol. The number of carboxylic acids is 1. The molecule has 2 N–H and O–H groups in total. The summed E-state index contributed by atoms with van der Waals surface area (Å²) in [5, 5.41) is 16.7. The second kappa shape index (κ2) is 10.3. The van der Waals surface area contributed by atoms with Crippen LogP contribution in [-0.4, -0.2) is 39.8 Å². The average Bonchev–Trinajstić information content (AvgIpc) is 3.59. The smallest absolute Gasteiger partial charge is 0.311 e. The third kappa shape index (κ3) is 5.20. The number of amides is 1. The molecule has 2 unspecified atom stereocenters. The van der Waals surface area contributed by atoms with E-state index in [4.69, 9.17) is 4.74 Å². The van der Waals surface area contributed by atoms with Gasteiger partial charge in [-0.05, 0) is 67.9 Å². The largest absolute Gasteiger partial charge is 0.481 e. The third-order valence-electron chi connectivity index (χ3n) is 7.54. The minimum atomic E-state index is -0.995. The normalized spacial score (nSPS) is 20.2. The molecule has 0 radical (unpaired) electrons. The number of aromatic amines is 1. The van der Waals surface area contributed by atoms with E-state index >= 15 is 0 Å². The van der Waals surface area contributed by atoms with Gasteiger partial charge in [0.2, 0.25) is 0 Å². The van der Waals surface area contributed by atoms with Crippen LogP contribution >= 0.6 is 0 Å². The molecule has 192 valence electrons. The molecule has 8 heteroatoms. The van der Waals surface area contributed by atoms with E-state index < -0.39 is 17.4 Å². The van der Waals surface area contributed by atoms with Crippen molar-refractivity contribution in [3.8, 4) is 0 Å². The number of nitrogens with one attached hydrogen (secondary N) is 1. The zero-order valence-corrected chi connectivity index (χ0v) is 20.9. The zero-order chi connectivity index (χ0) is 26.0. The first-order valence-electron chi connectivity index (χ1n) is 12.7. The Bertz CT molecular complexity index is 1370. The Morgan fingerprint density at radius 3 is 2.54 bits per heavy atom. The number of H-pyrrole nitrogens is 1. The van der Waals surface area contributed by atoms with Crippen molar-refractivity contribution in [1.82, 2.24) is 10.2 Å². The average molecular weight is 502 g/mol. The fourth-order valence-electron chi connectivity index (χ4n) is 5.23. The number of carboxylic acid groups (broad SMARTS) is 1. The first-order chi connectivity index (χ1) is 17.9. The predicted octanol–water partition coefficient (Wildman–Crippen LogP) is 3.65. The summed E-state index contributed by atoms with van der Waals surface area (Å²) in [4.78, 5) is 39.1. The fraction of sp³-hybridized carbons (Fsp3) is 0.379. The molecule has 0 bridgehead atoms. The second-order valence-corrected chi connectivity index (χ2v) is 10.2. The number of fused-ring (bicyclic) bond motifs is 1. The van der Waals surface area contributed by atoms with E-state index in [1.807, 2.05) is 54.6 Å². The minimum Gasteiger partial charge on any atom is -0.481 e. The number of aliphatic carboxylic acids is 1. The molecule has 1 aromatic heterocycles. The Morgan fingerprint density at radius 1 is 1.08 bits per heavy atom. The molecule has 1 fully saturated rings. The van der Waals surface area contributed by atoms with Crippen LogP contribution in [0.2, 0.25) is 0 Å². The van der Waals surface area contributed by atoms with E-state index in [-0.39, 0.29) is 18.1 Å². The molecule has 37 heavy (non-hydrogen) atoms. The maximum Gasteiger partial charge on any atom is 0.311 e. The highest BCUT2D eigenvalue weighted by atomic mass is 16.5. The van der Waals surface area contributed by atoms with Crippen LogP contribution in [0.25, 0.3) is 0 Å². The molecule has 0 saturated heterocycles. The van der Waals surface area contributed by atoms with Crippen LogP contribution in [0.3, 0.4) is 0 Å². The molecule has 3 aromatic rings. The lowest BCUT2D eigenvalue weighted by Gasteiger charge is -2.25. The fourth-order valence-corrected chi connectivity index (χ4v) is 5.23. The van der Waals surface area contributed by atoms with Crippen molar-refractivity contribution in [2.24, 2.45) is 5.41 Å². The molecule has 2 aliphatic carbocycles. The number of benzene rings is 2. The van der Waals surface area contributed by atoms with Crippen molar-refractivity contribution in [3.05, 3.63) is 92.9 Å². The van der Waals surface area contributed by atoms with Gasteiger partial charge in [-0.2, -0.15) is 5.10 Å². The van der Waals surface area contributed by atoms with Gasteiger partial charge in [-0.25, -0.2) is 5.10 Å². The first kappa shape index (κ1) is 24.9. The Kier molecular flexibility index (Phi) is 6.93. The van der Waals surface area contributed by atoms with E-state index in [9.17, 15) is 19.5 Å². The van der Waals surface area contributed by atoms with Gasteiger partial charge in [0.05, 0.1) is 23.8 Å². The third-order valence-corrected chi connectivity index (χ3v) is 7.54. The van der Waals surface area contributed by atoms with Crippen molar-refractivity contribution in [1.29, 1.82) is 0 Å². The summed E-state index contributed by atoms with van der Waals surface area (Å²) in [5.74, 6) is -1.19. The number of aromatic nitrogens is 2. The monoisotopic (exact) mass is 501 g/mol. The molecule has 2 aromatic carbocycles. The van der Waals surface area contributed by atoms with Crippen LogP contribution in [0.4, 0.5) is 5.69 Å². The summed E-state index contributed by atoms with van der Waals surface area (Å²) in [6, 6.07) is 16.7. The van der Waals surface area contributed by atoms with E-state index in [0.29, 0.717) is 25.1 Å². The van der Waals surface area contributed by atoms with E-state index in [1.54, 1.807) is 11.8 Å². The van der Waals surface area contributed by atoms with Crippen LogP contribution in [0.1, 0.15) is 54.1 Å². The summed E-state index contributed by atoms with van der Waals surface area (Å²) in [6.07, 6.45) is 4.53. The van der Waals surface area contributed by atoms with E-state index in [0.717, 1.165) is 53.6 Å². The minimum absolute atomic E-state index is 0.110. The summed E-state index contributed by atoms with van der Waals surface area (Å²) in [7, 11) is 0. The van der Waals surface area contributed by atoms with Crippen molar-refractivity contribution < 1.29 is 19.4 Å². The zero-order valence-electron chi connectivity index (χ0n) is 20.9. The maximum absolute atomic E-state index is 13.4. The first-order valence-corrected chi connectivity index (χ1v) is 12.7. The number of carbonyl (C=O) groups excluding carboxylic acids is 1. The number of nitrogens with zero attached hydrogens (tertiary/aromatic N) is 2. The lowest BCUT2D eigenvalue weighted by molar-refractivity contribution is -0.142. The number of rotatable bonds is 9. The van der Waals surface area contributed by atoms with Gasteiger partial charge < -0.3 is 14.7 Å². The van der Waals surface area contributed by atoms with Crippen LogP contribution in [0.5, 0.6) is 0 Å². The quantitative estimate of drug-likeness (QED) is 0.463. The highest BCUT2D eigenvalue weighted by molar-refractivity contribution is 5.97. The van der Waals surface area contributed by atoms with Crippen molar-refractivity contribution in [2.45, 2.75) is 58.1 Å². The standard InChI is InChI=1S/C29H31N3O5/c1-29(28(35)36)16-25(29)32(26(33)18-37-17-19-8-3-2-4-9-19)21-11-7-10-20(14-21)15-24-22-12-5-6-13-23(22)27(34)31-30-24/h2-4,7-11,14,25H,5-6,12-13,15-18H2,1H3,(H,31,34)(H,35,36). The van der Waals surface area contributed by atoms with Crippen molar-refractivity contribution in [3.63, 3.8) is 0 Å². The second-order valence-electron chi connectivity index (χ2n) is 10.2. The van der Waals surface area contributed by atoms with Gasteiger partial charge in [0.1, 0.15) is 6.61 Å². The predicted molar refractivity (Wildman–Crippen MR) is 138 cm³/mol. The highest BCUT2D eigenvalue weighted by Crippen LogP contribution is 2.50. The molecule has 1 amide bonds. The number of hydrogen-bond donors (Lipinski definition) is 2. The molecule has 5 rings (SSSR count). The van der Waals surface area contributed by atoms with Crippen LogP contribution in [0, 0.1) is 5.41 Å². The Balaban J connectivity index is 1.38. The lowest BCUT2D eigenvalue weighted by Crippen LogP contribution is -2.39. The van der Waals surface area contributed by atoms with Gasteiger partial charge in [0.15, 0.2) is 0 Å². The highest BCUT2D eigenvalue weighted by Gasteiger charge is 2.60. The molecule has 2 aliphatic rings. The topological polar surface area (TPSA) is 113 Å². The number of ether oxygens (including phenoxy) is 1. The molecule has 0 aliphatic heterocycles. The van der Waals surface area contributed by atoms with Crippen LogP contribution in [0.15, 0.2) is 59.4 Å². The van der Waals surface area contributed by atoms with Gasteiger partial charge in [0, 0.05) is 17.7 Å². The summed E-state index contributed by atoms with van der Waals surface area (Å²) in [5.41, 5.74) is 4.13. The Labute approximate surface area is 215 Å². The summed E-state index contributed by atoms with van der Waals surface area (Å²) >= 11 is 0. The number of hydrogen-bond acceptors (Lipinski definition) is 5. The van der Waals surface area contributed by atoms with E-state index in [1.165, 1.54) is 0 Å². The molecule has 1 saturated carbocycles.